The van der Waals surface area contributed by atoms with Crippen LogP contribution in [0.3, 0.4) is 0 Å². The van der Waals surface area contributed by atoms with Gasteiger partial charge in [-0.25, -0.2) is 0 Å². The molecule has 22 aromatic rings. The second-order valence-electron chi connectivity index (χ2n) is 31.2. The van der Waals surface area contributed by atoms with Gasteiger partial charge in [-0.1, -0.05) is 291 Å². The Labute approximate surface area is 697 Å². The van der Waals surface area contributed by atoms with E-state index < -0.39 is 29.0 Å². The first-order valence-electron chi connectivity index (χ1n) is 40.5. The highest BCUT2D eigenvalue weighted by Gasteiger charge is 2.41. The quantitative estimate of drug-likeness (QED) is 0.106. The van der Waals surface area contributed by atoms with Crippen molar-refractivity contribution in [1.29, 1.82) is 5.26 Å². The molecule has 0 spiro atoms. The van der Waals surface area contributed by atoms with E-state index in [1.807, 2.05) is 300 Å². The second kappa shape index (κ2) is 28.8. The lowest BCUT2D eigenvalue weighted by molar-refractivity contribution is -0.143. The van der Waals surface area contributed by atoms with Gasteiger partial charge in [0.2, 0.25) is 0 Å². The molecule has 4 heterocycles. The monoisotopic (exact) mass is 1580 g/mol. The maximum absolute atomic E-state index is 17.0. The number of hydrogen-bond donors (Lipinski definition) is 0. The highest BCUT2D eigenvalue weighted by molar-refractivity contribution is 6.20. The number of rotatable bonds is 13. The molecule has 4 aromatic heterocycles. The number of fused-ring (bicyclic) bond motifs is 12. The van der Waals surface area contributed by atoms with Crippen LogP contribution in [0.4, 0.5) is 26.3 Å². The third-order valence-corrected chi connectivity index (χ3v) is 24.2. The summed E-state index contributed by atoms with van der Waals surface area (Å²) in [5.74, 6) is 0. The molecular formula is C111H67F6N5. The Morgan fingerprint density at radius 3 is 0.516 bits per heavy atom. The summed E-state index contributed by atoms with van der Waals surface area (Å²) in [5.41, 5.74) is 15.8. The molecule has 18 aromatic carbocycles. The van der Waals surface area contributed by atoms with E-state index in [2.05, 4.69) is 112 Å². The predicted octanol–water partition coefficient (Wildman–Crippen LogP) is 31.0. The molecule has 0 atom stereocenters. The molecule has 5 nitrogen and oxygen atoms in total. The molecule has 11 heteroatoms. The van der Waals surface area contributed by atoms with E-state index >= 15 is 26.3 Å². The number of nitrogens with zero attached hydrogens (tertiary/aromatic N) is 5. The molecule has 0 saturated carbocycles. The first kappa shape index (κ1) is 72.7. The average Bonchev–Trinajstić information content (AvgIpc) is 1.51. The first-order valence-corrected chi connectivity index (χ1v) is 40.5. The number of benzene rings is 18. The number of aromatic nitrogens is 4. The highest BCUT2D eigenvalue weighted by atomic mass is 19.4. The Morgan fingerprint density at radius 2 is 0.352 bits per heavy atom. The van der Waals surface area contributed by atoms with Gasteiger partial charge in [-0.05, 0) is 210 Å². The lowest BCUT2D eigenvalue weighted by Gasteiger charge is -2.30. The van der Waals surface area contributed by atoms with E-state index in [1.165, 1.54) is 0 Å². The second-order valence-corrected chi connectivity index (χ2v) is 31.2. The van der Waals surface area contributed by atoms with Crippen LogP contribution in [0.5, 0.6) is 0 Å². The van der Waals surface area contributed by atoms with E-state index in [1.54, 1.807) is 0 Å². The Hall–Kier alpha value is -15.8. The third-order valence-electron chi connectivity index (χ3n) is 24.2. The van der Waals surface area contributed by atoms with Gasteiger partial charge < -0.3 is 18.3 Å². The van der Waals surface area contributed by atoms with E-state index in [0.717, 1.165) is 123 Å². The van der Waals surface area contributed by atoms with E-state index in [0.29, 0.717) is 65.7 Å². The molecule has 0 aliphatic carbocycles. The van der Waals surface area contributed by atoms with Crippen LogP contribution < -0.4 is 0 Å². The van der Waals surface area contributed by atoms with Gasteiger partial charge in [0.15, 0.2) is 0 Å². The van der Waals surface area contributed by atoms with Crippen LogP contribution in [0, 0.1) is 11.3 Å². The summed E-state index contributed by atoms with van der Waals surface area (Å²) in [6.07, 6.45) is -10.7. The fraction of sp³-hybridized carbons (Fsp3) is 0.0180. The zero-order valence-electron chi connectivity index (χ0n) is 65.2. The Balaban J connectivity index is 1.04. The van der Waals surface area contributed by atoms with Gasteiger partial charge in [-0.15, -0.1) is 0 Å². The fourth-order valence-corrected chi connectivity index (χ4v) is 18.6. The summed E-state index contributed by atoms with van der Waals surface area (Å²) in [7, 11) is 0. The van der Waals surface area contributed by atoms with Gasteiger partial charge >= 0.3 is 12.4 Å². The standard InChI is InChI=1S/C111H67F6N5/c112-110(113,114)86-57-85(58-87(67-86)111(115,116)117)105-108(121-101-53-45-81(73-33-17-5-18-34-73)63-92(101)93-64-82(46-54-102(93)121)74-35-19-6-20-36-74)106(119-97-49-41-77(69-25-9-1-10-26-69)59-88(97)89-60-78(42-50-98(89)119)70-27-11-2-12-28-70)96(68-118)107(120-99-51-43-79(71-29-13-3-14-30-71)61-90(99)91-62-80(44-52-100(91)120)72-31-15-4-16-32-72)109(105)122-103-55-47-83(75-37-21-7-22-38-75)65-94(103)95-66-84(48-56-104(95)122)76-39-23-8-24-40-76/h1-67H. The van der Waals surface area contributed by atoms with Gasteiger partial charge in [0, 0.05) is 48.7 Å². The number of nitriles is 1. The highest BCUT2D eigenvalue weighted by Crippen LogP contribution is 2.55. The van der Waals surface area contributed by atoms with Crippen molar-refractivity contribution in [1.82, 2.24) is 18.3 Å². The predicted molar refractivity (Wildman–Crippen MR) is 487 cm³/mol. The zero-order chi connectivity index (χ0) is 82.1. The van der Waals surface area contributed by atoms with Crippen molar-refractivity contribution in [2.45, 2.75) is 12.4 Å². The van der Waals surface area contributed by atoms with Crippen molar-refractivity contribution in [3.63, 3.8) is 0 Å². The van der Waals surface area contributed by atoms with Gasteiger partial charge in [0.05, 0.1) is 78.0 Å². The summed E-state index contributed by atoms with van der Waals surface area (Å²) < 4.78 is 110. The van der Waals surface area contributed by atoms with Crippen molar-refractivity contribution >= 4 is 87.2 Å². The summed E-state index contributed by atoms with van der Waals surface area (Å²) >= 11 is 0. The summed E-state index contributed by atoms with van der Waals surface area (Å²) in [4.78, 5) is 0. The molecule has 0 aliphatic heterocycles. The molecule has 0 bridgehead atoms. The van der Waals surface area contributed by atoms with Crippen LogP contribution in [0.15, 0.2) is 406 Å². The van der Waals surface area contributed by atoms with E-state index in [9.17, 15) is 5.26 Å². The largest absolute Gasteiger partial charge is 0.416 e. The number of hydrogen-bond acceptors (Lipinski definition) is 1. The Morgan fingerprint density at radius 1 is 0.180 bits per heavy atom. The van der Waals surface area contributed by atoms with Gasteiger partial charge in [-0.2, -0.15) is 31.6 Å². The molecular weight excluding hydrogens is 1520 g/mol. The number of alkyl halides is 6. The summed E-state index contributed by atoms with van der Waals surface area (Å²) in [6.45, 7) is 0. The Kier molecular flexibility index (Phi) is 17.2. The smallest absolute Gasteiger partial charge is 0.306 e. The fourth-order valence-electron chi connectivity index (χ4n) is 18.6. The minimum atomic E-state index is -5.36. The van der Waals surface area contributed by atoms with Crippen LogP contribution in [0.2, 0.25) is 0 Å². The first-order chi connectivity index (χ1) is 59.7. The summed E-state index contributed by atoms with van der Waals surface area (Å²) in [6, 6.07) is 135. The third kappa shape index (κ3) is 12.2. The average molecular weight is 1580 g/mol. The van der Waals surface area contributed by atoms with Crippen LogP contribution in [-0.4, -0.2) is 18.3 Å². The van der Waals surface area contributed by atoms with E-state index in [4.69, 9.17) is 0 Å². The maximum atomic E-state index is 17.0. The van der Waals surface area contributed by atoms with Crippen LogP contribution in [-0.2, 0) is 12.4 Å². The molecule has 0 fully saturated rings. The molecule has 0 aliphatic rings. The molecule has 0 N–H and O–H groups in total. The molecule has 0 amide bonds. The van der Waals surface area contributed by atoms with E-state index in [-0.39, 0.29) is 39.9 Å². The van der Waals surface area contributed by atoms with Crippen molar-refractivity contribution in [3.8, 4) is 129 Å². The van der Waals surface area contributed by atoms with Gasteiger partial charge in [0.1, 0.15) is 11.6 Å². The Bertz CT molecular complexity index is 7140. The van der Waals surface area contributed by atoms with Gasteiger partial charge in [-0.3, -0.25) is 0 Å². The van der Waals surface area contributed by atoms with Crippen molar-refractivity contribution in [3.05, 3.63) is 423 Å². The molecule has 0 saturated heterocycles. The molecule has 0 radical (unpaired) electrons. The van der Waals surface area contributed by atoms with Crippen molar-refractivity contribution in [2.24, 2.45) is 0 Å². The SMILES string of the molecule is N#Cc1c(-n2c3ccc(-c4ccccc4)cc3c3cc(-c4ccccc4)ccc32)c(-n2c3ccc(-c4ccccc4)cc3c3cc(-c4ccccc4)ccc32)c(-c2cc(C(F)(F)F)cc(C(F)(F)F)c2)c(-n2c3ccc(-c4ccccc4)cc3c3cc(-c4ccccc4)ccc32)c1-n1c2ccc(-c3ccccc3)cc2c2cc(-c3ccccc3)ccc21. The van der Waals surface area contributed by atoms with Crippen LogP contribution in [0.25, 0.3) is 210 Å². The normalized spacial score (nSPS) is 12.0. The number of halogens is 6. The zero-order valence-corrected chi connectivity index (χ0v) is 65.2. The molecule has 578 valence electrons. The lowest BCUT2D eigenvalue weighted by Crippen LogP contribution is -2.17. The van der Waals surface area contributed by atoms with Gasteiger partial charge in [0.25, 0.3) is 0 Å². The molecule has 0 unspecified atom stereocenters. The minimum absolute atomic E-state index is 0.0338. The lowest BCUT2D eigenvalue weighted by atomic mass is 9.91. The van der Waals surface area contributed by atoms with Crippen molar-refractivity contribution in [2.75, 3.05) is 0 Å². The maximum Gasteiger partial charge on any atom is 0.416 e. The molecule has 22 rings (SSSR count). The molecule has 122 heavy (non-hydrogen) atoms. The summed E-state index contributed by atoms with van der Waals surface area (Å²) in [5, 5.41) is 19.9. The van der Waals surface area contributed by atoms with Crippen molar-refractivity contribution < 1.29 is 26.3 Å². The van der Waals surface area contributed by atoms with Crippen LogP contribution in [0.1, 0.15) is 16.7 Å². The minimum Gasteiger partial charge on any atom is -0.306 e. The topological polar surface area (TPSA) is 43.5 Å². The van der Waals surface area contributed by atoms with Crippen LogP contribution >= 0.6 is 0 Å².